The van der Waals surface area contributed by atoms with Gasteiger partial charge >= 0.3 is 0 Å². The van der Waals surface area contributed by atoms with Gasteiger partial charge in [0.15, 0.2) is 5.82 Å². The van der Waals surface area contributed by atoms with E-state index in [2.05, 4.69) is 20.8 Å². The molecule has 0 aliphatic heterocycles. The fourth-order valence-corrected chi connectivity index (χ4v) is 2.61. The second-order valence-corrected chi connectivity index (χ2v) is 6.32. The Hall–Kier alpha value is -3.02. The van der Waals surface area contributed by atoms with Crippen LogP contribution in [0.4, 0.5) is 5.69 Å². The van der Waals surface area contributed by atoms with Crippen LogP contribution >= 0.6 is 0 Å². The minimum atomic E-state index is -0.154. The molecule has 25 heavy (non-hydrogen) atoms. The van der Waals surface area contributed by atoms with E-state index < -0.39 is 0 Å². The first-order valence-corrected chi connectivity index (χ1v) is 8.23. The van der Waals surface area contributed by atoms with Crippen molar-refractivity contribution < 1.29 is 4.79 Å². The molecule has 0 fully saturated rings. The predicted octanol–water partition coefficient (Wildman–Crippen LogP) is 3.79. The summed E-state index contributed by atoms with van der Waals surface area (Å²) in [6.07, 6.45) is 0. The Morgan fingerprint density at radius 2 is 1.88 bits per heavy atom. The smallest absolute Gasteiger partial charge is 0.255 e. The summed E-state index contributed by atoms with van der Waals surface area (Å²) >= 11 is 0. The number of benzene rings is 2. The molecule has 1 amide bonds. The summed E-state index contributed by atoms with van der Waals surface area (Å²) in [7, 11) is 0. The minimum Gasteiger partial charge on any atom is -0.322 e. The molecule has 2 aromatic carbocycles. The number of carbonyl (C=O) groups excluding carboxylic acids is 1. The van der Waals surface area contributed by atoms with Gasteiger partial charge in [0.1, 0.15) is 0 Å². The Kier molecular flexibility index (Phi) is 4.61. The number of rotatable bonds is 4. The third-order valence-corrected chi connectivity index (χ3v) is 4.22. The summed E-state index contributed by atoms with van der Waals surface area (Å²) < 4.78 is 1.74. The van der Waals surface area contributed by atoms with E-state index in [4.69, 9.17) is 0 Å². The van der Waals surface area contributed by atoms with Gasteiger partial charge in [-0.05, 0) is 67.4 Å². The van der Waals surface area contributed by atoms with Crippen LogP contribution in [-0.4, -0.2) is 26.1 Å². The molecule has 1 heterocycles. The summed E-state index contributed by atoms with van der Waals surface area (Å²) in [6.45, 7) is 8.05. The topological polar surface area (TPSA) is 72.7 Å². The Morgan fingerprint density at radius 1 is 1.12 bits per heavy atom. The van der Waals surface area contributed by atoms with Gasteiger partial charge in [-0.15, -0.1) is 5.10 Å². The van der Waals surface area contributed by atoms with Crippen LogP contribution in [0.2, 0.25) is 0 Å². The van der Waals surface area contributed by atoms with Crippen molar-refractivity contribution >= 4 is 11.6 Å². The van der Waals surface area contributed by atoms with E-state index in [1.807, 2.05) is 64.1 Å². The molecule has 0 saturated heterocycles. The Labute approximate surface area is 146 Å². The quantitative estimate of drug-likeness (QED) is 0.787. The van der Waals surface area contributed by atoms with Gasteiger partial charge < -0.3 is 5.32 Å². The van der Waals surface area contributed by atoms with Crippen LogP contribution in [0, 0.1) is 13.8 Å². The van der Waals surface area contributed by atoms with E-state index >= 15 is 0 Å². The number of anilines is 1. The lowest BCUT2D eigenvalue weighted by atomic mass is 10.1. The molecule has 128 valence electrons. The second kappa shape index (κ2) is 6.84. The van der Waals surface area contributed by atoms with Gasteiger partial charge in [-0.3, -0.25) is 4.79 Å². The number of hydrogen-bond donors (Lipinski definition) is 1. The van der Waals surface area contributed by atoms with Crippen LogP contribution in [0.15, 0.2) is 42.5 Å². The van der Waals surface area contributed by atoms with Gasteiger partial charge in [0, 0.05) is 16.8 Å². The van der Waals surface area contributed by atoms with E-state index in [1.54, 1.807) is 10.7 Å². The maximum atomic E-state index is 12.6. The zero-order chi connectivity index (χ0) is 18.0. The first-order valence-electron chi connectivity index (χ1n) is 8.23. The fourth-order valence-electron chi connectivity index (χ4n) is 2.61. The van der Waals surface area contributed by atoms with E-state index in [9.17, 15) is 4.79 Å². The van der Waals surface area contributed by atoms with E-state index in [1.165, 1.54) is 0 Å². The molecule has 0 unspecified atom stereocenters. The number of aryl methyl sites for hydroxylation is 1. The van der Waals surface area contributed by atoms with Gasteiger partial charge in [0.05, 0.1) is 6.04 Å². The van der Waals surface area contributed by atoms with Crippen LogP contribution in [-0.2, 0) is 0 Å². The number of amides is 1. The molecule has 1 N–H and O–H groups in total. The number of nitrogens with one attached hydrogen (secondary N) is 1. The number of tetrazole rings is 1. The van der Waals surface area contributed by atoms with Crippen molar-refractivity contribution in [2.75, 3.05) is 5.32 Å². The van der Waals surface area contributed by atoms with Gasteiger partial charge in [-0.2, -0.15) is 0 Å². The van der Waals surface area contributed by atoms with Gasteiger partial charge in [-0.25, -0.2) is 4.68 Å². The van der Waals surface area contributed by atoms with Crippen LogP contribution in [0.5, 0.6) is 0 Å². The van der Waals surface area contributed by atoms with Crippen LogP contribution in [0.1, 0.15) is 41.4 Å². The van der Waals surface area contributed by atoms with Crippen molar-refractivity contribution in [3.63, 3.8) is 0 Å². The number of aromatic nitrogens is 4. The third-order valence-electron chi connectivity index (χ3n) is 4.22. The minimum absolute atomic E-state index is 0.137. The van der Waals surface area contributed by atoms with Crippen LogP contribution < -0.4 is 5.32 Å². The largest absolute Gasteiger partial charge is 0.322 e. The fraction of sp³-hybridized carbons (Fsp3) is 0.263. The first kappa shape index (κ1) is 16.8. The molecule has 3 rings (SSSR count). The lowest BCUT2D eigenvalue weighted by Gasteiger charge is -2.11. The Morgan fingerprint density at radius 3 is 2.64 bits per heavy atom. The summed E-state index contributed by atoms with van der Waals surface area (Å²) in [4.78, 5) is 12.6. The second-order valence-electron chi connectivity index (χ2n) is 6.32. The van der Waals surface area contributed by atoms with Crippen molar-refractivity contribution in [3.8, 4) is 11.4 Å². The summed E-state index contributed by atoms with van der Waals surface area (Å²) in [5.41, 5.74) is 4.41. The molecule has 0 aliphatic rings. The van der Waals surface area contributed by atoms with Gasteiger partial charge in [0.25, 0.3) is 5.91 Å². The molecule has 3 aromatic rings. The highest BCUT2D eigenvalue weighted by atomic mass is 16.1. The normalized spacial score (nSPS) is 10.9. The molecule has 0 radical (unpaired) electrons. The van der Waals surface area contributed by atoms with E-state index in [-0.39, 0.29) is 11.9 Å². The first-order chi connectivity index (χ1) is 12.0. The standard InChI is InChI=1S/C19H21N5O/c1-12(2)24-18(21-22-23-24)15-8-6-9-16(11-15)19(25)20-17-10-5-7-13(3)14(17)4/h5-12H,1-4H3,(H,20,25). The van der Waals surface area contributed by atoms with Gasteiger partial charge in [-0.1, -0.05) is 24.3 Å². The van der Waals surface area contributed by atoms with Crippen molar-refractivity contribution in [3.05, 3.63) is 59.2 Å². The molecule has 0 bridgehead atoms. The SMILES string of the molecule is Cc1cccc(NC(=O)c2cccc(-c3nnnn3C(C)C)c2)c1C. The third kappa shape index (κ3) is 3.42. The Balaban J connectivity index is 1.90. The highest BCUT2D eigenvalue weighted by Gasteiger charge is 2.14. The predicted molar refractivity (Wildman–Crippen MR) is 97.5 cm³/mol. The lowest BCUT2D eigenvalue weighted by molar-refractivity contribution is 0.102. The lowest BCUT2D eigenvalue weighted by Crippen LogP contribution is -2.13. The highest BCUT2D eigenvalue weighted by Crippen LogP contribution is 2.22. The molecule has 6 heteroatoms. The molecule has 0 aliphatic carbocycles. The zero-order valence-corrected chi connectivity index (χ0v) is 14.8. The summed E-state index contributed by atoms with van der Waals surface area (Å²) in [6, 6.07) is 13.3. The maximum absolute atomic E-state index is 12.6. The number of carbonyl (C=O) groups is 1. The average Bonchev–Trinajstić information content (AvgIpc) is 3.09. The van der Waals surface area contributed by atoms with Crippen molar-refractivity contribution in [2.24, 2.45) is 0 Å². The monoisotopic (exact) mass is 335 g/mol. The molecule has 6 nitrogen and oxygen atoms in total. The molecular weight excluding hydrogens is 314 g/mol. The maximum Gasteiger partial charge on any atom is 0.255 e. The van der Waals surface area contributed by atoms with Crippen LogP contribution in [0.3, 0.4) is 0 Å². The van der Waals surface area contributed by atoms with Crippen molar-refractivity contribution in [2.45, 2.75) is 33.7 Å². The number of hydrogen-bond acceptors (Lipinski definition) is 4. The molecule has 0 spiro atoms. The molecule has 1 aromatic heterocycles. The molecule has 0 atom stereocenters. The number of nitrogens with zero attached hydrogens (tertiary/aromatic N) is 4. The average molecular weight is 335 g/mol. The highest BCUT2D eigenvalue weighted by molar-refractivity contribution is 6.05. The summed E-state index contributed by atoms with van der Waals surface area (Å²) in [5.74, 6) is 0.496. The van der Waals surface area contributed by atoms with E-state index in [0.29, 0.717) is 11.4 Å². The molecular formula is C19H21N5O. The molecule has 0 saturated carbocycles. The van der Waals surface area contributed by atoms with Crippen molar-refractivity contribution in [1.82, 2.24) is 20.2 Å². The van der Waals surface area contributed by atoms with Crippen LogP contribution in [0.25, 0.3) is 11.4 Å². The summed E-state index contributed by atoms with van der Waals surface area (Å²) in [5, 5.41) is 14.8. The zero-order valence-electron chi connectivity index (χ0n) is 14.8. The Bertz CT molecular complexity index is 914. The van der Waals surface area contributed by atoms with Gasteiger partial charge in [0.2, 0.25) is 0 Å². The van der Waals surface area contributed by atoms with Crippen molar-refractivity contribution in [1.29, 1.82) is 0 Å². The van der Waals surface area contributed by atoms with E-state index in [0.717, 1.165) is 22.4 Å².